The highest BCUT2D eigenvalue weighted by Gasteiger charge is 2.20. The standard InChI is InChI=1S/C13H14N2O2S2/c1-17-13(16)10-11(14)19-12(15-10)9-6-7-4-2-3-5-8(7)18-9/h6H,2-5,14H2,1H3. The molecule has 2 aromatic heterocycles. The van der Waals surface area contributed by atoms with E-state index < -0.39 is 5.97 Å². The summed E-state index contributed by atoms with van der Waals surface area (Å²) in [5, 5.41) is 1.24. The molecular weight excluding hydrogens is 280 g/mol. The summed E-state index contributed by atoms with van der Waals surface area (Å²) in [6.07, 6.45) is 4.83. The molecule has 1 aliphatic rings. The number of nitrogens with two attached hydrogens (primary N) is 1. The van der Waals surface area contributed by atoms with Crippen LogP contribution < -0.4 is 5.73 Å². The van der Waals surface area contributed by atoms with Crippen LogP contribution in [0, 0.1) is 0 Å². The number of anilines is 1. The summed E-state index contributed by atoms with van der Waals surface area (Å²) >= 11 is 3.12. The fourth-order valence-electron chi connectivity index (χ4n) is 2.28. The molecule has 0 fully saturated rings. The number of hydrogen-bond acceptors (Lipinski definition) is 6. The first kappa shape index (κ1) is 12.6. The molecule has 0 saturated carbocycles. The lowest BCUT2D eigenvalue weighted by molar-refractivity contribution is 0.0596. The largest absolute Gasteiger partial charge is 0.464 e. The van der Waals surface area contributed by atoms with Crippen molar-refractivity contribution in [1.82, 2.24) is 4.98 Å². The van der Waals surface area contributed by atoms with E-state index in [1.807, 2.05) is 0 Å². The number of esters is 1. The van der Waals surface area contributed by atoms with Gasteiger partial charge < -0.3 is 10.5 Å². The second-order valence-electron chi connectivity index (χ2n) is 4.49. The maximum Gasteiger partial charge on any atom is 0.359 e. The number of ether oxygens (including phenoxy) is 1. The molecule has 19 heavy (non-hydrogen) atoms. The lowest BCUT2D eigenvalue weighted by Gasteiger charge is -2.08. The molecule has 0 unspecified atom stereocenters. The number of nitrogens with zero attached hydrogens (tertiary/aromatic N) is 1. The number of thiazole rings is 1. The number of thiophene rings is 1. The van der Waals surface area contributed by atoms with Gasteiger partial charge in [-0.05, 0) is 37.3 Å². The topological polar surface area (TPSA) is 65.2 Å². The Morgan fingerprint density at radius 1 is 1.37 bits per heavy atom. The first-order valence-corrected chi connectivity index (χ1v) is 7.79. The lowest BCUT2D eigenvalue weighted by Crippen LogP contribution is -2.04. The predicted octanol–water partition coefficient (Wildman–Crippen LogP) is 3.12. The number of aromatic nitrogens is 1. The van der Waals surface area contributed by atoms with E-state index in [9.17, 15) is 4.79 Å². The van der Waals surface area contributed by atoms with Gasteiger partial charge >= 0.3 is 5.97 Å². The van der Waals surface area contributed by atoms with E-state index in [0.29, 0.717) is 5.00 Å². The summed E-state index contributed by atoms with van der Waals surface area (Å²) in [4.78, 5) is 18.4. The Hall–Kier alpha value is -1.40. The molecule has 2 N–H and O–H groups in total. The highest BCUT2D eigenvalue weighted by atomic mass is 32.1. The molecule has 6 heteroatoms. The molecule has 4 nitrogen and oxygen atoms in total. The van der Waals surface area contributed by atoms with Gasteiger partial charge in [-0.15, -0.1) is 11.3 Å². The highest BCUT2D eigenvalue weighted by Crippen LogP contribution is 2.39. The summed E-state index contributed by atoms with van der Waals surface area (Å²) in [6, 6.07) is 2.19. The monoisotopic (exact) mass is 294 g/mol. The third-order valence-electron chi connectivity index (χ3n) is 3.24. The number of rotatable bonds is 2. The van der Waals surface area contributed by atoms with Crippen molar-refractivity contribution in [3.8, 4) is 9.88 Å². The molecule has 1 aliphatic carbocycles. The van der Waals surface area contributed by atoms with E-state index in [4.69, 9.17) is 5.73 Å². The summed E-state index contributed by atoms with van der Waals surface area (Å²) in [6.45, 7) is 0. The van der Waals surface area contributed by atoms with Crippen LogP contribution in [0.25, 0.3) is 9.88 Å². The molecular formula is C13H14N2O2S2. The Morgan fingerprint density at radius 2 is 2.16 bits per heavy atom. The molecule has 0 aliphatic heterocycles. The van der Waals surface area contributed by atoms with Crippen molar-refractivity contribution < 1.29 is 9.53 Å². The lowest BCUT2D eigenvalue weighted by atomic mass is 9.99. The Morgan fingerprint density at radius 3 is 2.89 bits per heavy atom. The van der Waals surface area contributed by atoms with Gasteiger partial charge in [-0.25, -0.2) is 9.78 Å². The van der Waals surface area contributed by atoms with E-state index in [1.165, 1.54) is 41.7 Å². The second-order valence-corrected chi connectivity index (χ2v) is 6.66. The number of fused-ring (bicyclic) bond motifs is 1. The van der Waals surface area contributed by atoms with Gasteiger partial charge in [0.25, 0.3) is 0 Å². The van der Waals surface area contributed by atoms with Crippen LogP contribution in [0.15, 0.2) is 6.07 Å². The number of carbonyl (C=O) groups is 1. The van der Waals surface area contributed by atoms with Crippen molar-refractivity contribution in [1.29, 1.82) is 0 Å². The summed E-state index contributed by atoms with van der Waals surface area (Å²) < 4.78 is 4.68. The van der Waals surface area contributed by atoms with Crippen molar-refractivity contribution in [3.05, 3.63) is 22.2 Å². The van der Waals surface area contributed by atoms with Crippen molar-refractivity contribution in [3.63, 3.8) is 0 Å². The van der Waals surface area contributed by atoms with Crippen molar-refractivity contribution in [2.45, 2.75) is 25.7 Å². The smallest absolute Gasteiger partial charge is 0.359 e. The van der Waals surface area contributed by atoms with E-state index >= 15 is 0 Å². The first-order valence-electron chi connectivity index (χ1n) is 6.15. The maximum atomic E-state index is 11.5. The molecule has 2 heterocycles. The van der Waals surface area contributed by atoms with Crippen LogP contribution in [-0.4, -0.2) is 18.1 Å². The van der Waals surface area contributed by atoms with E-state index in [1.54, 1.807) is 11.3 Å². The van der Waals surface area contributed by atoms with Crippen molar-refractivity contribution in [2.75, 3.05) is 12.8 Å². The quantitative estimate of drug-likeness (QED) is 0.864. The fourth-order valence-corrected chi connectivity index (χ4v) is 4.39. The van der Waals surface area contributed by atoms with Crippen LogP contribution in [0.1, 0.15) is 33.8 Å². The minimum atomic E-state index is -0.471. The highest BCUT2D eigenvalue weighted by molar-refractivity contribution is 7.24. The number of hydrogen-bond donors (Lipinski definition) is 1. The SMILES string of the molecule is COC(=O)c1nc(-c2cc3c(s2)CCCC3)sc1N. The Labute approximate surface area is 119 Å². The number of methoxy groups -OCH3 is 1. The fraction of sp³-hybridized carbons (Fsp3) is 0.385. The summed E-state index contributed by atoms with van der Waals surface area (Å²) in [5.74, 6) is -0.471. The maximum absolute atomic E-state index is 11.5. The van der Waals surface area contributed by atoms with Crippen LogP contribution in [-0.2, 0) is 17.6 Å². The van der Waals surface area contributed by atoms with Gasteiger partial charge in [-0.3, -0.25) is 0 Å². The van der Waals surface area contributed by atoms with Gasteiger partial charge in [0.15, 0.2) is 5.69 Å². The average molecular weight is 294 g/mol. The Kier molecular flexibility index (Phi) is 3.28. The molecule has 100 valence electrons. The van der Waals surface area contributed by atoms with Crippen LogP contribution >= 0.6 is 22.7 Å². The van der Waals surface area contributed by atoms with Gasteiger partial charge in [0.2, 0.25) is 0 Å². The number of nitrogen functional groups attached to an aromatic ring is 1. The first-order chi connectivity index (χ1) is 9.19. The third kappa shape index (κ3) is 2.26. The minimum absolute atomic E-state index is 0.230. The van der Waals surface area contributed by atoms with E-state index in [2.05, 4.69) is 15.8 Å². The Bertz CT molecular complexity index is 607. The van der Waals surface area contributed by atoms with Gasteiger partial charge in [0.1, 0.15) is 10.0 Å². The molecule has 0 atom stereocenters. The van der Waals surface area contributed by atoms with Crippen LogP contribution in [0.5, 0.6) is 0 Å². The molecule has 0 aromatic carbocycles. The van der Waals surface area contributed by atoms with Crippen LogP contribution in [0.2, 0.25) is 0 Å². The molecule has 0 spiro atoms. The minimum Gasteiger partial charge on any atom is -0.464 e. The second kappa shape index (κ2) is 4.94. The Balaban J connectivity index is 1.98. The van der Waals surface area contributed by atoms with Crippen molar-refractivity contribution in [2.24, 2.45) is 0 Å². The van der Waals surface area contributed by atoms with E-state index in [0.717, 1.165) is 22.7 Å². The number of aryl methyl sites for hydroxylation is 2. The van der Waals surface area contributed by atoms with Gasteiger partial charge in [0.05, 0.1) is 12.0 Å². The molecule has 0 radical (unpaired) electrons. The number of carbonyl (C=O) groups excluding carboxylic acids is 1. The van der Waals surface area contributed by atoms with Crippen molar-refractivity contribution >= 4 is 33.6 Å². The molecule has 3 rings (SSSR count). The predicted molar refractivity (Wildman–Crippen MR) is 77.8 cm³/mol. The third-order valence-corrected chi connectivity index (χ3v) is 5.53. The average Bonchev–Trinajstić information content (AvgIpc) is 3.00. The zero-order valence-electron chi connectivity index (χ0n) is 10.6. The van der Waals surface area contributed by atoms with Gasteiger partial charge in [-0.2, -0.15) is 0 Å². The van der Waals surface area contributed by atoms with Crippen LogP contribution in [0.4, 0.5) is 5.00 Å². The molecule has 0 bridgehead atoms. The summed E-state index contributed by atoms with van der Waals surface area (Å²) in [7, 11) is 1.34. The normalized spacial score (nSPS) is 14.2. The van der Waals surface area contributed by atoms with E-state index in [-0.39, 0.29) is 5.69 Å². The zero-order valence-corrected chi connectivity index (χ0v) is 12.2. The van der Waals surface area contributed by atoms with Crippen LogP contribution in [0.3, 0.4) is 0 Å². The molecule has 2 aromatic rings. The molecule has 0 saturated heterocycles. The summed E-state index contributed by atoms with van der Waals surface area (Å²) in [5.41, 5.74) is 7.50. The zero-order chi connectivity index (χ0) is 13.4. The van der Waals surface area contributed by atoms with Gasteiger partial charge in [0, 0.05) is 4.88 Å². The van der Waals surface area contributed by atoms with Gasteiger partial charge in [-0.1, -0.05) is 11.3 Å². The molecule has 0 amide bonds.